The molecule has 0 aliphatic rings. The summed E-state index contributed by atoms with van der Waals surface area (Å²) in [7, 11) is 0. The Morgan fingerprint density at radius 3 is 1.40 bits per heavy atom. The lowest BCUT2D eigenvalue weighted by Crippen LogP contribution is -2.58. The fraction of sp³-hybridized carbons (Fsp3) is 0.636. The van der Waals surface area contributed by atoms with E-state index in [4.69, 9.17) is 15.3 Å². The molecule has 0 aromatic carbocycles. The molecule has 0 spiro atoms. The standard InChI is InChI=1S/C11H22NO3/c1-3-11(4-2)12(5-8-13,6-9-14)7-10-15/h3-4,11,13-15H,1-2,5-10H2/q+1. The van der Waals surface area contributed by atoms with Gasteiger partial charge in [0.05, 0.1) is 19.8 Å². The van der Waals surface area contributed by atoms with Gasteiger partial charge < -0.3 is 19.8 Å². The molecule has 0 bridgehead atoms. The molecule has 0 aromatic heterocycles. The molecule has 0 amide bonds. The lowest BCUT2D eigenvalue weighted by Gasteiger charge is -2.41. The van der Waals surface area contributed by atoms with Crippen molar-refractivity contribution >= 4 is 0 Å². The Morgan fingerprint density at radius 2 is 1.20 bits per heavy atom. The quantitative estimate of drug-likeness (QED) is 0.360. The molecule has 15 heavy (non-hydrogen) atoms. The molecule has 0 rings (SSSR count). The lowest BCUT2D eigenvalue weighted by molar-refractivity contribution is -0.939. The van der Waals surface area contributed by atoms with Crippen molar-refractivity contribution in [1.82, 2.24) is 0 Å². The first-order chi connectivity index (χ1) is 7.20. The molecule has 0 aromatic rings. The molecule has 0 unspecified atom stereocenters. The van der Waals surface area contributed by atoms with E-state index in [9.17, 15) is 0 Å². The summed E-state index contributed by atoms with van der Waals surface area (Å²) in [5.41, 5.74) is 0. The Labute approximate surface area is 91.4 Å². The summed E-state index contributed by atoms with van der Waals surface area (Å²) in [4.78, 5) is 0. The first-order valence-electron chi connectivity index (χ1n) is 5.14. The molecule has 0 radical (unpaired) electrons. The first kappa shape index (κ1) is 14.3. The van der Waals surface area contributed by atoms with E-state index >= 15 is 0 Å². The summed E-state index contributed by atoms with van der Waals surface area (Å²) in [5.74, 6) is 0. The smallest absolute Gasteiger partial charge is 0.126 e. The normalized spacial score (nSPS) is 11.7. The SMILES string of the molecule is C=CC(C=C)[N+](CCO)(CCO)CCO. The highest BCUT2D eigenvalue weighted by Gasteiger charge is 2.31. The van der Waals surface area contributed by atoms with E-state index in [-0.39, 0.29) is 25.9 Å². The van der Waals surface area contributed by atoms with Crippen LogP contribution in [0.5, 0.6) is 0 Å². The van der Waals surface area contributed by atoms with Crippen molar-refractivity contribution in [3.05, 3.63) is 25.3 Å². The van der Waals surface area contributed by atoms with Crippen LogP contribution < -0.4 is 0 Å². The van der Waals surface area contributed by atoms with Crippen molar-refractivity contribution in [1.29, 1.82) is 0 Å². The molecule has 4 nitrogen and oxygen atoms in total. The third-order valence-corrected chi connectivity index (χ3v) is 2.75. The molecule has 0 heterocycles. The van der Waals surface area contributed by atoms with E-state index < -0.39 is 0 Å². The van der Waals surface area contributed by atoms with Crippen LogP contribution >= 0.6 is 0 Å². The van der Waals surface area contributed by atoms with Gasteiger partial charge in [0.2, 0.25) is 0 Å². The summed E-state index contributed by atoms with van der Waals surface area (Å²) < 4.78 is 0.399. The number of hydrogen-bond donors (Lipinski definition) is 3. The molecule has 4 heteroatoms. The fourth-order valence-corrected chi connectivity index (χ4v) is 1.92. The van der Waals surface area contributed by atoms with E-state index in [1.165, 1.54) is 0 Å². The van der Waals surface area contributed by atoms with Gasteiger partial charge in [-0.3, -0.25) is 0 Å². The van der Waals surface area contributed by atoms with Crippen LogP contribution in [-0.2, 0) is 0 Å². The lowest BCUT2D eigenvalue weighted by atomic mass is 10.1. The second-order valence-electron chi connectivity index (χ2n) is 3.52. The molecule has 0 atom stereocenters. The number of nitrogens with zero attached hydrogens (tertiary/aromatic N) is 1. The van der Waals surface area contributed by atoms with Gasteiger partial charge in [-0.1, -0.05) is 13.2 Å². The molecule has 88 valence electrons. The van der Waals surface area contributed by atoms with Gasteiger partial charge >= 0.3 is 0 Å². The average molecular weight is 216 g/mol. The van der Waals surface area contributed by atoms with Gasteiger partial charge in [-0.25, -0.2) is 0 Å². The maximum atomic E-state index is 9.05. The summed E-state index contributed by atoms with van der Waals surface area (Å²) in [6, 6.07) is -0.0588. The van der Waals surface area contributed by atoms with Crippen molar-refractivity contribution in [3.8, 4) is 0 Å². The van der Waals surface area contributed by atoms with Gasteiger partial charge in [0.1, 0.15) is 25.7 Å². The van der Waals surface area contributed by atoms with Crippen molar-refractivity contribution in [3.63, 3.8) is 0 Å². The predicted molar refractivity (Wildman–Crippen MR) is 60.3 cm³/mol. The van der Waals surface area contributed by atoms with Crippen LogP contribution in [0.1, 0.15) is 0 Å². The minimum absolute atomic E-state index is 0.0121. The number of rotatable bonds is 9. The second-order valence-corrected chi connectivity index (χ2v) is 3.52. The highest BCUT2D eigenvalue weighted by Crippen LogP contribution is 2.15. The first-order valence-corrected chi connectivity index (χ1v) is 5.14. The van der Waals surface area contributed by atoms with E-state index in [0.29, 0.717) is 24.1 Å². The van der Waals surface area contributed by atoms with Crippen LogP contribution in [0.4, 0.5) is 0 Å². The molecule has 0 aliphatic carbocycles. The highest BCUT2D eigenvalue weighted by molar-refractivity contribution is 4.94. The van der Waals surface area contributed by atoms with Crippen LogP contribution in [0.25, 0.3) is 0 Å². The molecule has 3 N–H and O–H groups in total. The molecular formula is C11H22NO3+. The third kappa shape index (κ3) is 3.76. The summed E-state index contributed by atoms with van der Waals surface area (Å²) in [6.45, 7) is 8.89. The zero-order valence-corrected chi connectivity index (χ0v) is 9.18. The van der Waals surface area contributed by atoms with Crippen molar-refractivity contribution in [2.24, 2.45) is 0 Å². The molecule has 0 saturated heterocycles. The van der Waals surface area contributed by atoms with Gasteiger partial charge in [-0.2, -0.15) is 0 Å². The predicted octanol–water partition coefficient (Wildman–Crippen LogP) is -0.479. The Balaban J connectivity index is 4.87. The largest absolute Gasteiger partial charge is 0.391 e. The zero-order chi connectivity index (χ0) is 11.7. The van der Waals surface area contributed by atoms with Crippen LogP contribution in [-0.4, -0.2) is 65.3 Å². The summed E-state index contributed by atoms with van der Waals surface area (Å²) in [5, 5.41) is 27.1. The molecule has 0 fully saturated rings. The second kappa shape index (κ2) is 7.59. The van der Waals surface area contributed by atoms with E-state index in [1.54, 1.807) is 12.2 Å². The fourth-order valence-electron chi connectivity index (χ4n) is 1.92. The van der Waals surface area contributed by atoms with E-state index in [2.05, 4.69) is 13.2 Å². The van der Waals surface area contributed by atoms with Crippen LogP contribution in [0.15, 0.2) is 25.3 Å². The molecule has 0 aliphatic heterocycles. The van der Waals surface area contributed by atoms with Gasteiger partial charge in [-0.05, 0) is 12.2 Å². The zero-order valence-electron chi connectivity index (χ0n) is 9.18. The highest BCUT2D eigenvalue weighted by atomic mass is 16.3. The Hall–Kier alpha value is -0.680. The van der Waals surface area contributed by atoms with Crippen LogP contribution in [0.2, 0.25) is 0 Å². The van der Waals surface area contributed by atoms with Crippen molar-refractivity contribution in [2.75, 3.05) is 39.5 Å². The monoisotopic (exact) mass is 216 g/mol. The van der Waals surface area contributed by atoms with E-state index in [1.807, 2.05) is 0 Å². The minimum Gasteiger partial charge on any atom is -0.391 e. The molecule has 0 saturated carbocycles. The maximum Gasteiger partial charge on any atom is 0.126 e. The third-order valence-electron chi connectivity index (χ3n) is 2.75. The Bertz CT molecular complexity index is 169. The minimum atomic E-state index is -0.0588. The van der Waals surface area contributed by atoms with Crippen molar-refractivity contribution < 1.29 is 19.8 Å². The van der Waals surface area contributed by atoms with Gasteiger partial charge in [0, 0.05) is 0 Å². The van der Waals surface area contributed by atoms with E-state index in [0.717, 1.165) is 0 Å². The topological polar surface area (TPSA) is 60.7 Å². The number of quaternary nitrogens is 1. The van der Waals surface area contributed by atoms with Gasteiger partial charge in [-0.15, -0.1) is 0 Å². The van der Waals surface area contributed by atoms with Crippen molar-refractivity contribution in [2.45, 2.75) is 6.04 Å². The maximum absolute atomic E-state index is 9.05. The van der Waals surface area contributed by atoms with Crippen LogP contribution in [0, 0.1) is 0 Å². The summed E-state index contributed by atoms with van der Waals surface area (Å²) >= 11 is 0. The molecular weight excluding hydrogens is 194 g/mol. The summed E-state index contributed by atoms with van der Waals surface area (Å²) in [6.07, 6.45) is 3.46. The van der Waals surface area contributed by atoms with Gasteiger partial charge in [0.25, 0.3) is 0 Å². The van der Waals surface area contributed by atoms with Crippen LogP contribution in [0.3, 0.4) is 0 Å². The Morgan fingerprint density at radius 1 is 0.867 bits per heavy atom. The number of aliphatic hydroxyl groups excluding tert-OH is 3. The Kier molecular flexibility index (Phi) is 7.25. The number of aliphatic hydroxyl groups is 3. The average Bonchev–Trinajstić information content (AvgIpc) is 2.20. The number of hydrogen-bond acceptors (Lipinski definition) is 3. The van der Waals surface area contributed by atoms with Gasteiger partial charge in [0.15, 0.2) is 0 Å².